The molecule has 1 aromatic carbocycles. The van der Waals surface area contributed by atoms with Crippen LogP contribution in [0.1, 0.15) is 5.56 Å². The number of benzene rings is 1. The van der Waals surface area contributed by atoms with Crippen LogP contribution in [-0.4, -0.2) is 30.3 Å². The van der Waals surface area contributed by atoms with Gasteiger partial charge in [-0.2, -0.15) is 0 Å². The Morgan fingerprint density at radius 1 is 1.32 bits per heavy atom. The normalized spacial score (nSPS) is 11.8. The molecule has 0 bridgehead atoms. The van der Waals surface area contributed by atoms with Crippen LogP contribution in [0.4, 0.5) is 4.79 Å². The summed E-state index contributed by atoms with van der Waals surface area (Å²) in [6.45, 7) is 1.85. The van der Waals surface area contributed by atoms with Gasteiger partial charge in [-0.1, -0.05) is 17.7 Å². The van der Waals surface area contributed by atoms with Crippen LogP contribution in [0.15, 0.2) is 29.2 Å². The Hall–Kier alpha value is -1.49. The van der Waals surface area contributed by atoms with E-state index >= 15 is 0 Å². The van der Waals surface area contributed by atoms with Gasteiger partial charge < -0.3 is 9.87 Å². The van der Waals surface area contributed by atoms with Gasteiger partial charge in [0.25, 0.3) is 10.0 Å². The first-order valence-electron chi connectivity index (χ1n) is 4.84. The number of amides is 2. The average Bonchev–Trinajstić information content (AvgIpc) is 2.28. The second-order valence-corrected chi connectivity index (χ2v) is 5.46. The molecule has 0 heterocycles. The topological polar surface area (TPSA) is 141 Å². The fourth-order valence-electron chi connectivity index (χ4n) is 0.949. The summed E-state index contributed by atoms with van der Waals surface area (Å²) in [5.74, 6) is 0. The number of hydrogen-bond donors (Lipinski definition) is 3. The van der Waals surface area contributed by atoms with Gasteiger partial charge in [0.1, 0.15) is 0 Å². The van der Waals surface area contributed by atoms with E-state index in [0.717, 1.165) is 5.56 Å². The molecule has 0 radical (unpaired) electrons. The van der Waals surface area contributed by atoms with Gasteiger partial charge in [0.2, 0.25) is 0 Å². The van der Waals surface area contributed by atoms with Gasteiger partial charge in [-0.25, -0.2) is 17.9 Å². The predicted molar refractivity (Wildman–Crippen MR) is 69.1 cm³/mol. The molecule has 1 unspecified atom stereocenters. The fraction of sp³-hybridized carbons (Fsp3) is 0.222. The molecule has 1 aromatic rings. The van der Waals surface area contributed by atoms with E-state index in [1.165, 1.54) is 19.2 Å². The van der Waals surface area contributed by atoms with Crippen molar-refractivity contribution in [3.63, 3.8) is 0 Å². The summed E-state index contributed by atoms with van der Waals surface area (Å²) in [6.07, 6.45) is 0. The summed E-state index contributed by atoms with van der Waals surface area (Å²) in [5.41, 5.74) is 0.953. The molecule has 108 valence electrons. The molecule has 0 aliphatic rings. The Morgan fingerprint density at radius 3 is 2.11 bits per heavy atom. The maximum atomic E-state index is 11.5. The lowest BCUT2D eigenvalue weighted by Crippen LogP contribution is -2.37. The monoisotopic (exact) mass is 308 g/mol. The molecule has 0 saturated carbocycles. The molecule has 0 fully saturated rings. The number of hydrogen-bond acceptors (Lipinski definition) is 5. The molecular formula is C9H14N3O5S2-. The third kappa shape index (κ3) is 7.51. The SMILES string of the molecule is CNC(=O)NS(=O)(=O)c1ccc(C)cc1.NS(=O)[O-]. The van der Waals surface area contributed by atoms with Gasteiger partial charge in [0, 0.05) is 18.3 Å². The summed E-state index contributed by atoms with van der Waals surface area (Å²) >= 11 is -2.36. The first-order valence-corrected chi connectivity index (χ1v) is 7.46. The molecule has 0 spiro atoms. The van der Waals surface area contributed by atoms with Crippen LogP contribution < -0.4 is 15.2 Å². The van der Waals surface area contributed by atoms with Gasteiger partial charge in [0.15, 0.2) is 0 Å². The molecule has 0 aliphatic heterocycles. The Kier molecular flexibility index (Phi) is 7.22. The van der Waals surface area contributed by atoms with Crippen molar-refractivity contribution in [2.24, 2.45) is 5.14 Å². The molecule has 0 aromatic heterocycles. The highest BCUT2D eigenvalue weighted by atomic mass is 32.2. The zero-order chi connectivity index (χ0) is 15.1. The van der Waals surface area contributed by atoms with Gasteiger partial charge in [-0.15, -0.1) is 0 Å². The third-order valence-corrected chi connectivity index (χ3v) is 3.13. The Balaban J connectivity index is 0.000000711. The zero-order valence-electron chi connectivity index (χ0n) is 10.2. The van der Waals surface area contributed by atoms with Gasteiger partial charge >= 0.3 is 6.03 Å². The molecule has 2 amide bonds. The largest absolute Gasteiger partial charge is 0.760 e. The number of nitrogens with one attached hydrogen (secondary N) is 2. The van der Waals surface area contributed by atoms with Gasteiger partial charge in [0.05, 0.1) is 4.90 Å². The van der Waals surface area contributed by atoms with Crippen molar-refractivity contribution in [2.45, 2.75) is 11.8 Å². The van der Waals surface area contributed by atoms with Crippen molar-refractivity contribution in [3.05, 3.63) is 29.8 Å². The number of nitrogens with two attached hydrogens (primary N) is 1. The minimum atomic E-state index is -3.75. The van der Waals surface area contributed by atoms with Crippen molar-refractivity contribution in [1.29, 1.82) is 0 Å². The zero-order valence-corrected chi connectivity index (χ0v) is 11.9. The molecule has 10 heteroatoms. The first kappa shape index (κ1) is 17.5. The van der Waals surface area contributed by atoms with Crippen molar-refractivity contribution < 1.29 is 22.0 Å². The number of aryl methyl sites for hydroxylation is 1. The van der Waals surface area contributed by atoms with E-state index in [9.17, 15) is 13.2 Å². The van der Waals surface area contributed by atoms with E-state index in [1.807, 2.05) is 11.6 Å². The van der Waals surface area contributed by atoms with Crippen molar-refractivity contribution >= 4 is 27.3 Å². The lowest BCUT2D eigenvalue weighted by Gasteiger charge is -2.05. The number of carbonyl (C=O) groups excluding carboxylic acids is 1. The molecule has 8 nitrogen and oxygen atoms in total. The molecule has 0 aliphatic carbocycles. The van der Waals surface area contributed by atoms with E-state index in [4.69, 9.17) is 8.76 Å². The Morgan fingerprint density at radius 2 is 1.74 bits per heavy atom. The second-order valence-electron chi connectivity index (χ2n) is 3.26. The highest BCUT2D eigenvalue weighted by Crippen LogP contribution is 2.09. The predicted octanol–water partition coefficient (Wildman–Crippen LogP) is -0.648. The lowest BCUT2D eigenvalue weighted by atomic mass is 10.2. The molecule has 1 atom stereocenters. The first-order chi connectivity index (χ1) is 8.69. The van der Waals surface area contributed by atoms with Crippen LogP contribution in [0.5, 0.6) is 0 Å². The van der Waals surface area contributed by atoms with E-state index in [-0.39, 0.29) is 4.90 Å². The van der Waals surface area contributed by atoms with Crippen LogP contribution in [-0.2, 0) is 21.3 Å². The van der Waals surface area contributed by atoms with Crippen LogP contribution in [0.2, 0.25) is 0 Å². The molecule has 1 rings (SSSR count). The Bertz CT molecular complexity index is 537. The quantitative estimate of drug-likeness (QED) is 0.622. The number of urea groups is 1. The molecule has 0 saturated heterocycles. The van der Waals surface area contributed by atoms with Gasteiger partial charge in [-0.05, 0) is 19.1 Å². The maximum Gasteiger partial charge on any atom is 0.328 e. The standard InChI is InChI=1S/C9H12N2O3S.H3NO2S/c1-7-3-5-8(6-4-7)15(13,14)11-9(12)10-2;1-4(2)3/h3-6H,1-2H3,(H2,10,11,12);1H2,(H,2,3)/p-1. The highest BCUT2D eigenvalue weighted by Gasteiger charge is 2.15. The summed E-state index contributed by atoms with van der Waals surface area (Å²) < 4.78 is 42.5. The summed E-state index contributed by atoms with van der Waals surface area (Å²) in [6, 6.07) is 5.47. The van der Waals surface area contributed by atoms with E-state index in [2.05, 4.69) is 10.5 Å². The smallest absolute Gasteiger partial charge is 0.328 e. The molecular weight excluding hydrogens is 294 g/mol. The fourth-order valence-corrected chi connectivity index (χ4v) is 1.91. The van der Waals surface area contributed by atoms with Crippen LogP contribution in [0, 0.1) is 6.92 Å². The summed E-state index contributed by atoms with van der Waals surface area (Å²) in [7, 11) is -2.40. The van der Waals surface area contributed by atoms with E-state index in [0.29, 0.717) is 0 Å². The Labute approximate surface area is 113 Å². The van der Waals surface area contributed by atoms with Crippen molar-refractivity contribution in [2.75, 3.05) is 7.05 Å². The van der Waals surface area contributed by atoms with Crippen LogP contribution >= 0.6 is 0 Å². The minimum absolute atomic E-state index is 0.0664. The van der Waals surface area contributed by atoms with E-state index in [1.54, 1.807) is 12.1 Å². The maximum absolute atomic E-state index is 11.5. The van der Waals surface area contributed by atoms with Gasteiger partial charge in [-0.3, -0.25) is 9.35 Å². The lowest BCUT2D eigenvalue weighted by molar-refractivity contribution is 0.248. The minimum Gasteiger partial charge on any atom is -0.760 e. The molecule has 19 heavy (non-hydrogen) atoms. The number of rotatable bonds is 2. The molecule has 4 N–H and O–H groups in total. The average molecular weight is 308 g/mol. The third-order valence-electron chi connectivity index (χ3n) is 1.79. The number of sulfonamides is 1. The highest BCUT2D eigenvalue weighted by molar-refractivity contribution is 7.90. The summed E-state index contributed by atoms with van der Waals surface area (Å²) in [5, 5.41) is 6.20. The van der Waals surface area contributed by atoms with Crippen LogP contribution in [0.25, 0.3) is 0 Å². The van der Waals surface area contributed by atoms with Crippen molar-refractivity contribution in [1.82, 2.24) is 10.0 Å². The van der Waals surface area contributed by atoms with Crippen molar-refractivity contribution in [3.8, 4) is 0 Å². The number of carbonyl (C=O) groups is 1. The summed E-state index contributed by atoms with van der Waals surface area (Å²) in [4.78, 5) is 10.9. The van der Waals surface area contributed by atoms with E-state index < -0.39 is 27.3 Å². The second kappa shape index (κ2) is 7.84. The van der Waals surface area contributed by atoms with Crippen LogP contribution in [0.3, 0.4) is 0 Å².